The highest BCUT2D eigenvalue weighted by Crippen LogP contribution is 2.37. The summed E-state index contributed by atoms with van der Waals surface area (Å²) in [6.07, 6.45) is -10.8. The van der Waals surface area contributed by atoms with Gasteiger partial charge < -0.3 is 4.74 Å². The standard InChI is InChI=1S/C7H4BrF5OS/c8-5-2-1-4(15-5)3-14-7(12,13)6(9,10)11/h1-2H,3H2. The maximum Gasteiger partial charge on any atom is 0.482 e. The molecular weight excluding hydrogens is 307 g/mol. The first-order chi connectivity index (χ1) is 6.72. The fourth-order valence-corrected chi connectivity index (χ4v) is 2.07. The minimum absolute atomic E-state index is 0.283. The topological polar surface area (TPSA) is 9.23 Å². The number of ether oxygens (including phenoxy) is 1. The average Bonchev–Trinajstić information content (AvgIpc) is 2.46. The van der Waals surface area contributed by atoms with Crippen LogP contribution in [0.3, 0.4) is 0 Å². The predicted molar refractivity (Wildman–Crippen MR) is 47.8 cm³/mol. The Morgan fingerprint density at radius 3 is 2.20 bits per heavy atom. The van der Waals surface area contributed by atoms with Gasteiger partial charge in [-0.05, 0) is 28.1 Å². The molecule has 0 aliphatic carbocycles. The molecule has 0 amide bonds. The molecule has 15 heavy (non-hydrogen) atoms. The van der Waals surface area contributed by atoms with E-state index in [0.29, 0.717) is 3.79 Å². The van der Waals surface area contributed by atoms with Gasteiger partial charge in [0.05, 0.1) is 10.4 Å². The van der Waals surface area contributed by atoms with E-state index in [4.69, 9.17) is 0 Å². The van der Waals surface area contributed by atoms with Gasteiger partial charge in [0.2, 0.25) is 0 Å². The second-order valence-corrected chi connectivity index (χ2v) is 5.06. The summed E-state index contributed by atoms with van der Waals surface area (Å²) in [7, 11) is 0. The van der Waals surface area contributed by atoms with Gasteiger partial charge in [-0.2, -0.15) is 22.0 Å². The van der Waals surface area contributed by atoms with E-state index in [2.05, 4.69) is 20.7 Å². The molecule has 0 aromatic carbocycles. The van der Waals surface area contributed by atoms with Crippen molar-refractivity contribution in [2.75, 3.05) is 0 Å². The van der Waals surface area contributed by atoms with Gasteiger partial charge in [0.1, 0.15) is 0 Å². The third-order valence-electron chi connectivity index (χ3n) is 1.35. The van der Waals surface area contributed by atoms with Gasteiger partial charge in [-0.1, -0.05) is 0 Å². The molecule has 1 nitrogen and oxygen atoms in total. The first-order valence-electron chi connectivity index (χ1n) is 3.55. The van der Waals surface area contributed by atoms with Gasteiger partial charge in [-0.3, -0.25) is 0 Å². The van der Waals surface area contributed by atoms with Crippen molar-refractivity contribution < 1.29 is 26.7 Å². The SMILES string of the molecule is FC(F)(F)C(F)(F)OCc1ccc(Br)s1. The molecular formula is C7H4BrF5OS. The van der Waals surface area contributed by atoms with Crippen molar-refractivity contribution in [2.45, 2.75) is 18.9 Å². The largest absolute Gasteiger partial charge is 0.482 e. The zero-order valence-electron chi connectivity index (χ0n) is 6.95. The van der Waals surface area contributed by atoms with Crippen LogP contribution in [0.1, 0.15) is 4.88 Å². The van der Waals surface area contributed by atoms with Gasteiger partial charge in [-0.25, -0.2) is 0 Å². The Labute approximate surface area is 94.0 Å². The van der Waals surface area contributed by atoms with Crippen LogP contribution < -0.4 is 0 Å². The summed E-state index contributed by atoms with van der Waals surface area (Å²) in [5.41, 5.74) is 0. The lowest BCUT2D eigenvalue weighted by Gasteiger charge is -2.18. The van der Waals surface area contributed by atoms with Crippen LogP contribution in [-0.4, -0.2) is 12.3 Å². The van der Waals surface area contributed by atoms with Crippen LogP contribution in [0.2, 0.25) is 0 Å². The van der Waals surface area contributed by atoms with E-state index in [1.165, 1.54) is 12.1 Å². The summed E-state index contributed by atoms with van der Waals surface area (Å²) in [6.45, 7) is -0.775. The summed E-state index contributed by atoms with van der Waals surface area (Å²) in [5, 5.41) is 0. The molecule has 0 saturated carbocycles. The molecule has 0 spiro atoms. The Morgan fingerprint density at radius 2 is 1.80 bits per heavy atom. The maximum atomic E-state index is 12.3. The smallest absolute Gasteiger partial charge is 0.308 e. The highest BCUT2D eigenvalue weighted by molar-refractivity contribution is 9.11. The second kappa shape index (κ2) is 4.34. The summed E-state index contributed by atoms with van der Waals surface area (Å²) in [6, 6.07) is 2.94. The Hall–Kier alpha value is -0.210. The third-order valence-corrected chi connectivity index (χ3v) is 2.95. The number of alkyl halides is 5. The van der Waals surface area contributed by atoms with Crippen LogP contribution in [0.5, 0.6) is 0 Å². The van der Waals surface area contributed by atoms with Crippen molar-refractivity contribution >= 4 is 27.3 Å². The van der Waals surface area contributed by atoms with Crippen molar-refractivity contribution in [3.05, 3.63) is 20.8 Å². The average molecular weight is 311 g/mol. The highest BCUT2D eigenvalue weighted by Gasteiger charge is 2.59. The minimum Gasteiger partial charge on any atom is -0.308 e. The van der Waals surface area contributed by atoms with Crippen LogP contribution >= 0.6 is 27.3 Å². The minimum atomic E-state index is -5.68. The monoisotopic (exact) mass is 310 g/mol. The molecule has 0 aliphatic heterocycles. The molecule has 0 atom stereocenters. The fourth-order valence-electron chi connectivity index (χ4n) is 0.673. The lowest BCUT2D eigenvalue weighted by Crippen LogP contribution is -2.38. The molecule has 0 bridgehead atoms. The van der Waals surface area contributed by atoms with Gasteiger partial charge >= 0.3 is 12.3 Å². The first-order valence-corrected chi connectivity index (χ1v) is 5.16. The molecule has 1 rings (SSSR count). The van der Waals surface area contributed by atoms with Crippen molar-refractivity contribution in [3.8, 4) is 0 Å². The zero-order valence-corrected chi connectivity index (χ0v) is 9.35. The van der Waals surface area contributed by atoms with E-state index in [1.54, 1.807) is 0 Å². The van der Waals surface area contributed by atoms with Crippen molar-refractivity contribution in [1.82, 2.24) is 0 Å². The van der Waals surface area contributed by atoms with Crippen LogP contribution in [-0.2, 0) is 11.3 Å². The van der Waals surface area contributed by atoms with Gasteiger partial charge in [0.15, 0.2) is 0 Å². The third kappa shape index (κ3) is 3.39. The Morgan fingerprint density at radius 1 is 1.20 bits per heavy atom. The summed E-state index contributed by atoms with van der Waals surface area (Å²) < 4.78 is 63.7. The van der Waals surface area contributed by atoms with E-state index in [0.717, 1.165) is 11.3 Å². The van der Waals surface area contributed by atoms with Gasteiger partial charge in [0.25, 0.3) is 0 Å². The summed E-state index contributed by atoms with van der Waals surface area (Å²) >= 11 is 4.08. The van der Waals surface area contributed by atoms with E-state index < -0.39 is 18.9 Å². The Balaban J connectivity index is 2.57. The summed E-state index contributed by atoms with van der Waals surface area (Å²) in [5.74, 6) is 0. The highest BCUT2D eigenvalue weighted by atomic mass is 79.9. The van der Waals surface area contributed by atoms with E-state index >= 15 is 0 Å². The maximum absolute atomic E-state index is 12.3. The molecule has 0 fully saturated rings. The lowest BCUT2D eigenvalue weighted by atomic mass is 10.5. The quantitative estimate of drug-likeness (QED) is 0.761. The molecule has 86 valence electrons. The molecule has 0 aliphatic rings. The molecule has 1 aromatic heterocycles. The predicted octanol–water partition coefficient (Wildman–Crippen LogP) is 4.18. The van der Waals surface area contributed by atoms with E-state index in [-0.39, 0.29) is 4.88 Å². The van der Waals surface area contributed by atoms with Crippen molar-refractivity contribution in [2.24, 2.45) is 0 Å². The number of hydrogen-bond donors (Lipinski definition) is 0. The van der Waals surface area contributed by atoms with Crippen LogP contribution in [0.4, 0.5) is 22.0 Å². The Bertz CT molecular complexity index is 334. The molecule has 0 N–H and O–H groups in total. The van der Waals surface area contributed by atoms with E-state index in [9.17, 15) is 22.0 Å². The van der Waals surface area contributed by atoms with Crippen LogP contribution in [0.25, 0.3) is 0 Å². The number of halogens is 6. The molecule has 1 aromatic rings. The number of hydrogen-bond acceptors (Lipinski definition) is 2. The van der Waals surface area contributed by atoms with Crippen LogP contribution in [0, 0.1) is 0 Å². The number of thiophene rings is 1. The van der Waals surface area contributed by atoms with Gasteiger partial charge in [-0.15, -0.1) is 11.3 Å². The lowest BCUT2D eigenvalue weighted by molar-refractivity contribution is -0.394. The normalized spacial score (nSPS) is 13.2. The Kier molecular flexibility index (Phi) is 3.72. The first kappa shape index (κ1) is 12.9. The van der Waals surface area contributed by atoms with Crippen molar-refractivity contribution in [3.63, 3.8) is 0 Å². The molecule has 0 radical (unpaired) electrons. The van der Waals surface area contributed by atoms with Gasteiger partial charge in [0, 0.05) is 4.88 Å². The fraction of sp³-hybridized carbons (Fsp3) is 0.429. The van der Waals surface area contributed by atoms with Crippen molar-refractivity contribution in [1.29, 1.82) is 0 Å². The van der Waals surface area contributed by atoms with Crippen LogP contribution in [0.15, 0.2) is 15.9 Å². The molecule has 0 unspecified atom stereocenters. The molecule has 0 saturated heterocycles. The molecule has 8 heteroatoms. The molecule has 1 heterocycles. The zero-order chi connectivity index (χ0) is 11.7. The number of rotatable bonds is 3. The van der Waals surface area contributed by atoms with E-state index in [1.807, 2.05) is 0 Å². The second-order valence-electron chi connectivity index (χ2n) is 2.51. The summed E-state index contributed by atoms with van der Waals surface area (Å²) in [4.78, 5) is 0.283.